The molecule has 1 aromatic rings. The van der Waals surface area contributed by atoms with E-state index < -0.39 is 4.92 Å². The van der Waals surface area contributed by atoms with Crippen LogP contribution in [0.2, 0.25) is 5.02 Å². The van der Waals surface area contributed by atoms with Gasteiger partial charge in [-0.2, -0.15) is 11.8 Å². The summed E-state index contributed by atoms with van der Waals surface area (Å²) in [5, 5.41) is 13.3. The van der Waals surface area contributed by atoms with Crippen molar-refractivity contribution >= 4 is 35.0 Å². The minimum absolute atomic E-state index is 0.0238. The second-order valence-electron chi connectivity index (χ2n) is 3.17. The first-order chi connectivity index (χ1) is 8.06. The van der Waals surface area contributed by atoms with Crippen molar-refractivity contribution in [2.45, 2.75) is 0 Å². The molecule has 7 heteroatoms. The predicted molar refractivity (Wildman–Crippen MR) is 68.8 cm³/mol. The molecular formula is C10H11ClN2O3S. The number of halogens is 1. The van der Waals surface area contributed by atoms with E-state index in [0.717, 1.165) is 5.75 Å². The van der Waals surface area contributed by atoms with Gasteiger partial charge in [0.15, 0.2) is 0 Å². The maximum Gasteiger partial charge on any atom is 0.288 e. The zero-order valence-corrected chi connectivity index (χ0v) is 10.7. The summed E-state index contributed by atoms with van der Waals surface area (Å²) in [7, 11) is 0. The van der Waals surface area contributed by atoms with Crippen molar-refractivity contribution in [1.29, 1.82) is 0 Å². The van der Waals surface area contributed by atoms with Crippen LogP contribution in [-0.2, 0) is 0 Å². The molecule has 0 spiro atoms. The van der Waals surface area contributed by atoms with Crippen LogP contribution in [0.25, 0.3) is 0 Å². The molecule has 0 aliphatic rings. The lowest BCUT2D eigenvalue weighted by Gasteiger charge is -2.04. The van der Waals surface area contributed by atoms with Crippen molar-refractivity contribution in [3.63, 3.8) is 0 Å². The van der Waals surface area contributed by atoms with Crippen molar-refractivity contribution in [1.82, 2.24) is 5.32 Å². The van der Waals surface area contributed by atoms with Gasteiger partial charge in [-0.1, -0.05) is 11.6 Å². The summed E-state index contributed by atoms with van der Waals surface area (Å²) in [6.45, 7) is 0.524. The third-order valence-corrected chi connectivity index (χ3v) is 2.93. The van der Waals surface area contributed by atoms with Crippen molar-refractivity contribution in [3.8, 4) is 0 Å². The number of hydrogen-bond acceptors (Lipinski definition) is 4. The maximum absolute atomic E-state index is 11.6. The van der Waals surface area contributed by atoms with E-state index in [0.29, 0.717) is 6.54 Å². The molecule has 1 aromatic carbocycles. The van der Waals surface area contributed by atoms with Crippen LogP contribution < -0.4 is 5.32 Å². The molecule has 1 amide bonds. The summed E-state index contributed by atoms with van der Waals surface area (Å²) < 4.78 is 0. The fourth-order valence-corrected chi connectivity index (χ4v) is 1.66. The molecule has 0 aliphatic carbocycles. The van der Waals surface area contributed by atoms with E-state index >= 15 is 0 Å². The number of carbonyl (C=O) groups excluding carboxylic acids is 1. The summed E-state index contributed by atoms with van der Waals surface area (Å²) in [6.07, 6.45) is 1.93. The first-order valence-corrected chi connectivity index (χ1v) is 6.54. The largest absolute Gasteiger partial charge is 0.351 e. The Morgan fingerprint density at radius 1 is 1.59 bits per heavy atom. The molecule has 0 saturated carbocycles. The number of thioether (sulfide) groups is 1. The second kappa shape index (κ2) is 6.46. The van der Waals surface area contributed by atoms with Gasteiger partial charge in [0.2, 0.25) is 0 Å². The van der Waals surface area contributed by atoms with E-state index in [4.69, 9.17) is 11.6 Å². The van der Waals surface area contributed by atoms with Crippen LogP contribution in [0.4, 0.5) is 5.69 Å². The molecule has 0 unspecified atom stereocenters. The molecule has 0 aliphatic heterocycles. The van der Waals surface area contributed by atoms with Crippen LogP contribution in [0.3, 0.4) is 0 Å². The predicted octanol–water partition coefficient (Wildman–Crippen LogP) is 2.34. The standard InChI is InChI=1S/C10H11ClN2O3S/c1-17-5-4-12-10(14)7-2-3-8(11)9(6-7)13(15)16/h2-3,6H,4-5H2,1H3,(H,12,14). The topological polar surface area (TPSA) is 72.2 Å². The molecule has 0 aromatic heterocycles. The van der Waals surface area contributed by atoms with E-state index in [9.17, 15) is 14.9 Å². The van der Waals surface area contributed by atoms with E-state index in [1.54, 1.807) is 11.8 Å². The lowest BCUT2D eigenvalue weighted by atomic mass is 10.2. The van der Waals surface area contributed by atoms with Crippen LogP contribution in [0, 0.1) is 10.1 Å². The Morgan fingerprint density at radius 2 is 2.29 bits per heavy atom. The third kappa shape index (κ3) is 3.90. The lowest BCUT2D eigenvalue weighted by Crippen LogP contribution is -2.25. The Kier molecular flexibility index (Phi) is 5.24. The number of nitro benzene ring substituents is 1. The summed E-state index contributed by atoms with van der Waals surface area (Å²) in [5.41, 5.74) is -0.0219. The molecule has 0 saturated heterocycles. The van der Waals surface area contributed by atoms with Gasteiger partial charge in [-0.25, -0.2) is 0 Å². The Morgan fingerprint density at radius 3 is 2.88 bits per heavy atom. The summed E-state index contributed by atoms with van der Waals surface area (Å²) in [5.74, 6) is 0.459. The van der Waals surface area contributed by atoms with Gasteiger partial charge in [0, 0.05) is 23.9 Å². The SMILES string of the molecule is CSCCNC(=O)c1ccc(Cl)c([N+](=O)[O-])c1. The number of amides is 1. The fourth-order valence-electron chi connectivity index (χ4n) is 1.16. The number of rotatable bonds is 5. The van der Waals surface area contributed by atoms with Crippen molar-refractivity contribution in [2.75, 3.05) is 18.6 Å². The highest BCUT2D eigenvalue weighted by Crippen LogP contribution is 2.24. The van der Waals surface area contributed by atoms with Gasteiger partial charge in [-0.3, -0.25) is 14.9 Å². The van der Waals surface area contributed by atoms with Gasteiger partial charge < -0.3 is 5.32 Å². The molecule has 0 atom stereocenters. The average molecular weight is 275 g/mol. The van der Waals surface area contributed by atoms with Crippen LogP contribution in [-0.4, -0.2) is 29.4 Å². The van der Waals surface area contributed by atoms with E-state index in [1.807, 2.05) is 6.26 Å². The smallest absolute Gasteiger partial charge is 0.288 e. The molecule has 1 rings (SSSR count). The van der Waals surface area contributed by atoms with Gasteiger partial charge in [0.25, 0.3) is 11.6 Å². The quantitative estimate of drug-likeness (QED) is 0.508. The molecule has 5 nitrogen and oxygen atoms in total. The lowest BCUT2D eigenvalue weighted by molar-refractivity contribution is -0.384. The number of nitrogens with zero attached hydrogens (tertiary/aromatic N) is 1. The van der Waals surface area contributed by atoms with Crippen LogP contribution in [0.1, 0.15) is 10.4 Å². The Hall–Kier alpha value is -1.27. The molecule has 0 fully saturated rings. The summed E-state index contributed by atoms with van der Waals surface area (Å²) >= 11 is 7.25. The minimum atomic E-state index is -0.610. The Bertz CT molecular complexity index is 440. The molecule has 17 heavy (non-hydrogen) atoms. The number of nitrogens with one attached hydrogen (secondary N) is 1. The van der Waals surface area contributed by atoms with Crippen molar-refractivity contribution in [2.24, 2.45) is 0 Å². The van der Waals surface area contributed by atoms with E-state index in [2.05, 4.69) is 5.32 Å². The van der Waals surface area contributed by atoms with Crippen LogP contribution in [0.5, 0.6) is 0 Å². The van der Waals surface area contributed by atoms with Crippen molar-refractivity contribution in [3.05, 3.63) is 38.9 Å². The zero-order valence-electron chi connectivity index (χ0n) is 9.10. The molecule has 92 valence electrons. The normalized spacial score (nSPS) is 10.0. The summed E-state index contributed by atoms with van der Waals surface area (Å²) in [4.78, 5) is 21.7. The fraction of sp³-hybridized carbons (Fsp3) is 0.300. The van der Waals surface area contributed by atoms with Crippen LogP contribution >= 0.6 is 23.4 Å². The first kappa shape index (κ1) is 13.8. The number of benzene rings is 1. The van der Waals surface area contributed by atoms with Crippen LogP contribution in [0.15, 0.2) is 18.2 Å². The van der Waals surface area contributed by atoms with Gasteiger partial charge in [0.05, 0.1) is 4.92 Å². The van der Waals surface area contributed by atoms with E-state index in [1.165, 1.54) is 18.2 Å². The first-order valence-electron chi connectivity index (χ1n) is 4.77. The molecule has 0 radical (unpaired) electrons. The molecule has 0 heterocycles. The minimum Gasteiger partial charge on any atom is -0.351 e. The molecule has 1 N–H and O–H groups in total. The van der Waals surface area contributed by atoms with Gasteiger partial charge >= 0.3 is 0 Å². The number of nitro groups is 1. The van der Waals surface area contributed by atoms with E-state index in [-0.39, 0.29) is 22.2 Å². The Balaban J connectivity index is 2.81. The van der Waals surface area contributed by atoms with Gasteiger partial charge in [-0.15, -0.1) is 0 Å². The summed E-state index contributed by atoms with van der Waals surface area (Å²) in [6, 6.07) is 3.99. The van der Waals surface area contributed by atoms with Gasteiger partial charge in [-0.05, 0) is 18.4 Å². The average Bonchev–Trinajstić information content (AvgIpc) is 2.29. The second-order valence-corrected chi connectivity index (χ2v) is 4.56. The number of hydrogen-bond donors (Lipinski definition) is 1. The maximum atomic E-state index is 11.6. The third-order valence-electron chi connectivity index (χ3n) is 2.00. The number of carbonyl (C=O) groups is 1. The van der Waals surface area contributed by atoms with Crippen molar-refractivity contribution < 1.29 is 9.72 Å². The highest BCUT2D eigenvalue weighted by molar-refractivity contribution is 7.98. The zero-order chi connectivity index (χ0) is 12.8. The molecule has 0 bridgehead atoms. The van der Waals surface area contributed by atoms with Gasteiger partial charge in [0.1, 0.15) is 5.02 Å². The molecular weight excluding hydrogens is 264 g/mol. The Labute approximate surface area is 108 Å². The highest BCUT2D eigenvalue weighted by atomic mass is 35.5. The highest BCUT2D eigenvalue weighted by Gasteiger charge is 2.15. The monoisotopic (exact) mass is 274 g/mol.